The van der Waals surface area contributed by atoms with E-state index in [2.05, 4.69) is 194 Å². The standard InChI is InChI=1S/C53H52N2/c1-3-16-39(40-17-6-4-7-18-40)35-36-54(45-33-31-42(32-34-45)41-19-8-5-9-20-41)50-27-15-28-51-53(50)48-25-12-13-26-49(48)55(51)46-23-14-22-44(37-46)52-38(2)29-30-43-21-10-11-24-47(43)52/h5-6,8-9,11-17,19-20,22-27,29-38,40,51-52H,3-4,7,10,18,21,28H2,1-2H3/b36-35-,39-16+. The van der Waals surface area contributed by atoms with Crippen LogP contribution in [0.2, 0.25) is 0 Å². The molecule has 274 valence electrons. The fraction of sp³-hybridized carbons (Fsp3) is 0.245. The van der Waals surface area contributed by atoms with Crippen molar-refractivity contribution >= 4 is 22.6 Å². The number of hydrogen-bond acceptors (Lipinski definition) is 2. The lowest BCUT2D eigenvalue weighted by Crippen LogP contribution is -2.30. The molecule has 4 aliphatic carbocycles. The number of fused-ring (bicyclic) bond motifs is 3. The van der Waals surface area contributed by atoms with E-state index in [0.717, 1.165) is 25.7 Å². The van der Waals surface area contributed by atoms with Crippen molar-refractivity contribution in [2.45, 2.75) is 70.8 Å². The van der Waals surface area contributed by atoms with Crippen molar-refractivity contribution in [1.29, 1.82) is 0 Å². The van der Waals surface area contributed by atoms with Crippen LogP contribution in [0.5, 0.6) is 0 Å². The van der Waals surface area contributed by atoms with Crippen LogP contribution in [-0.4, -0.2) is 6.04 Å². The summed E-state index contributed by atoms with van der Waals surface area (Å²) in [5.74, 6) is 1.29. The highest BCUT2D eigenvalue weighted by atomic mass is 15.2. The molecule has 5 aliphatic rings. The Bertz CT molecular complexity index is 2290. The van der Waals surface area contributed by atoms with Crippen LogP contribution in [0.4, 0.5) is 17.1 Å². The van der Waals surface area contributed by atoms with Crippen LogP contribution in [0.1, 0.15) is 75.8 Å². The fourth-order valence-corrected chi connectivity index (χ4v) is 9.62. The Morgan fingerprint density at radius 1 is 0.800 bits per heavy atom. The second-order valence-electron chi connectivity index (χ2n) is 15.7. The average Bonchev–Trinajstić information content (AvgIpc) is 3.59. The van der Waals surface area contributed by atoms with E-state index in [4.69, 9.17) is 0 Å². The molecule has 0 bridgehead atoms. The van der Waals surface area contributed by atoms with Gasteiger partial charge in [-0.2, -0.15) is 0 Å². The van der Waals surface area contributed by atoms with Gasteiger partial charge in [0.2, 0.25) is 0 Å². The normalized spacial score (nSPS) is 23.0. The minimum atomic E-state index is 0.187. The third kappa shape index (κ3) is 6.84. The zero-order valence-corrected chi connectivity index (χ0v) is 32.3. The SMILES string of the molecule is CC/C=C(\C=C/N(C1=C2c3ccccc3N(c3cccc(C4C5=C(C=CC4C)CCC=C5)c3)C2CC=C1)c1ccc(-c2ccccc2)cc1)C1C=CCCC1. The molecule has 0 saturated heterocycles. The summed E-state index contributed by atoms with van der Waals surface area (Å²) in [5.41, 5.74) is 16.0. The molecule has 55 heavy (non-hydrogen) atoms. The van der Waals surface area contributed by atoms with Gasteiger partial charge in [0, 0.05) is 46.2 Å². The van der Waals surface area contributed by atoms with Gasteiger partial charge in [0.1, 0.15) is 0 Å². The Hall–Kier alpha value is -5.60. The van der Waals surface area contributed by atoms with Gasteiger partial charge in [0.05, 0.1) is 11.7 Å². The molecule has 0 fully saturated rings. The summed E-state index contributed by atoms with van der Waals surface area (Å²) in [5, 5.41) is 0. The number of hydrogen-bond donors (Lipinski definition) is 0. The largest absolute Gasteiger partial charge is 0.333 e. The summed E-state index contributed by atoms with van der Waals surface area (Å²) in [6, 6.07) is 38.6. The minimum Gasteiger partial charge on any atom is -0.333 e. The second-order valence-corrected chi connectivity index (χ2v) is 15.7. The lowest BCUT2D eigenvalue weighted by molar-refractivity contribution is 0.602. The monoisotopic (exact) mass is 716 g/mol. The highest BCUT2D eigenvalue weighted by Crippen LogP contribution is 2.51. The summed E-state index contributed by atoms with van der Waals surface area (Å²) in [4.78, 5) is 5.08. The highest BCUT2D eigenvalue weighted by molar-refractivity contribution is 5.96. The summed E-state index contributed by atoms with van der Waals surface area (Å²) in [6.45, 7) is 4.64. The molecule has 2 heteroatoms. The molecule has 1 aliphatic heterocycles. The van der Waals surface area contributed by atoms with Crippen molar-refractivity contribution < 1.29 is 0 Å². The summed E-state index contributed by atoms with van der Waals surface area (Å²) < 4.78 is 0. The zero-order valence-electron chi connectivity index (χ0n) is 32.3. The van der Waals surface area contributed by atoms with Crippen LogP contribution >= 0.6 is 0 Å². The van der Waals surface area contributed by atoms with Crippen molar-refractivity contribution in [3.05, 3.63) is 204 Å². The maximum atomic E-state index is 2.63. The van der Waals surface area contributed by atoms with Crippen molar-refractivity contribution in [2.24, 2.45) is 11.8 Å². The molecule has 0 radical (unpaired) electrons. The van der Waals surface area contributed by atoms with E-state index in [0.29, 0.717) is 17.8 Å². The van der Waals surface area contributed by atoms with Gasteiger partial charge in [-0.1, -0.05) is 135 Å². The Morgan fingerprint density at radius 3 is 2.47 bits per heavy atom. The van der Waals surface area contributed by atoms with E-state index < -0.39 is 0 Å². The fourth-order valence-electron chi connectivity index (χ4n) is 9.62. The predicted octanol–water partition coefficient (Wildman–Crippen LogP) is 14.2. The molecule has 0 saturated carbocycles. The number of anilines is 3. The smallest absolute Gasteiger partial charge is 0.0653 e. The van der Waals surface area contributed by atoms with Crippen LogP contribution in [-0.2, 0) is 0 Å². The Kier molecular flexibility index (Phi) is 9.98. The van der Waals surface area contributed by atoms with Crippen LogP contribution in [0.3, 0.4) is 0 Å². The van der Waals surface area contributed by atoms with Gasteiger partial charge < -0.3 is 9.80 Å². The van der Waals surface area contributed by atoms with Crippen LogP contribution in [0, 0.1) is 11.8 Å². The molecule has 2 nitrogen and oxygen atoms in total. The van der Waals surface area contributed by atoms with Crippen LogP contribution in [0.25, 0.3) is 16.7 Å². The van der Waals surface area contributed by atoms with Crippen LogP contribution in [0.15, 0.2) is 193 Å². The molecule has 4 aromatic rings. The molecular formula is C53H52N2. The molecule has 4 unspecified atom stereocenters. The Morgan fingerprint density at radius 2 is 1.64 bits per heavy atom. The molecule has 0 spiro atoms. The Labute approximate surface area is 328 Å². The topological polar surface area (TPSA) is 6.48 Å². The molecular weight excluding hydrogens is 665 g/mol. The zero-order chi connectivity index (χ0) is 37.1. The van der Waals surface area contributed by atoms with Crippen molar-refractivity contribution in [2.75, 3.05) is 9.80 Å². The summed E-state index contributed by atoms with van der Waals surface area (Å²) >= 11 is 0. The number of allylic oxidation sites excluding steroid dienone is 12. The van der Waals surface area contributed by atoms with E-state index in [1.54, 1.807) is 0 Å². The average molecular weight is 717 g/mol. The van der Waals surface area contributed by atoms with Gasteiger partial charge >= 0.3 is 0 Å². The molecule has 9 rings (SSSR count). The molecule has 0 amide bonds. The number of benzene rings is 4. The molecule has 1 heterocycles. The van der Waals surface area contributed by atoms with Gasteiger partial charge in [0.15, 0.2) is 0 Å². The first-order valence-electron chi connectivity index (χ1n) is 20.6. The van der Waals surface area contributed by atoms with E-state index in [1.807, 2.05) is 0 Å². The van der Waals surface area contributed by atoms with Crippen molar-refractivity contribution in [3.63, 3.8) is 0 Å². The molecule has 0 aromatic heterocycles. The Balaban J connectivity index is 1.15. The summed E-state index contributed by atoms with van der Waals surface area (Å²) in [7, 11) is 0. The van der Waals surface area contributed by atoms with Crippen molar-refractivity contribution in [1.82, 2.24) is 0 Å². The van der Waals surface area contributed by atoms with E-state index in [1.165, 1.54) is 86.6 Å². The van der Waals surface area contributed by atoms with Gasteiger partial charge in [-0.15, -0.1) is 0 Å². The van der Waals surface area contributed by atoms with Gasteiger partial charge in [0.25, 0.3) is 0 Å². The third-order valence-corrected chi connectivity index (χ3v) is 12.3. The first-order valence-corrected chi connectivity index (χ1v) is 20.6. The molecule has 4 atom stereocenters. The number of para-hydroxylation sites is 1. The first kappa shape index (κ1) is 35.1. The van der Waals surface area contributed by atoms with Crippen LogP contribution < -0.4 is 9.80 Å². The number of rotatable bonds is 9. The maximum absolute atomic E-state index is 2.63. The first-order chi connectivity index (χ1) is 27.2. The maximum Gasteiger partial charge on any atom is 0.0653 e. The molecule has 4 aromatic carbocycles. The predicted molar refractivity (Wildman–Crippen MR) is 234 cm³/mol. The summed E-state index contributed by atoms with van der Waals surface area (Å²) in [6.07, 6.45) is 34.2. The van der Waals surface area contributed by atoms with Crippen molar-refractivity contribution in [3.8, 4) is 11.1 Å². The van der Waals surface area contributed by atoms with E-state index in [9.17, 15) is 0 Å². The van der Waals surface area contributed by atoms with Gasteiger partial charge in [-0.3, -0.25) is 0 Å². The number of nitrogens with zero attached hydrogens (tertiary/aromatic N) is 2. The van der Waals surface area contributed by atoms with E-state index in [-0.39, 0.29) is 6.04 Å². The van der Waals surface area contributed by atoms with E-state index >= 15 is 0 Å². The highest BCUT2D eigenvalue weighted by Gasteiger charge is 2.39. The third-order valence-electron chi connectivity index (χ3n) is 12.3. The lowest BCUT2D eigenvalue weighted by Gasteiger charge is -2.34. The van der Waals surface area contributed by atoms with Gasteiger partial charge in [-0.25, -0.2) is 0 Å². The minimum absolute atomic E-state index is 0.187. The molecule has 0 N–H and O–H groups in total. The quantitative estimate of drug-likeness (QED) is 0.126. The lowest BCUT2D eigenvalue weighted by atomic mass is 9.73. The second kappa shape index (κ2) is 15.6. The van der Waals surface area contributed by atoms with Gasteiger partial charge in [-0.05, 0) is 127 Å².